The normalized spacial score (nSPS) is 13.9. The first-order valence-electron chi connectivity index (χ1n) is 9.42. The summed E-state index contributed by atoms with van der Waals surface area (Å²) < 4.78 is 16.4. The first-order chi connectivity index (χ1) is 14.0. The van der Waals surface area contributed by atoms with Crippen molar-refractivity contribution < 1.29 is 9.18 Å². The Morgan fingerprint density at radius 3 is 2.83 bits per heavy atom. The lowest BCUT2D eigenvalue weighted by Gasteiger charge is -2.18. The summed E-state index contributed by atoms with van der Waals surface area (Å²) in [6, 6.07) is 6.71. The van der Waals surface area contributed by atoms with Crippen LogP contribution in [0.1, 0.15) is 40.4 Å². The summed E-state index contributed by atoms with van der Waals surface area (Å²) in [5, 5.41) is 0. The molecular formula is C21H19FN6O. The van der Waals surface area contributed by atoms with Crippen molar-refractivity contribution in [2.75, 3.05) is 12.8 Å². The molecule has 3 heterocycles. The number of nitrogen functional groups attached to an aromatic ring is 1. The van der Waals surface area contributed by atoms with Gasteiger partial charge in [-0.05, 0) is 36.5 Å². The van der Waals surface area contributed by atoms with Crippen molar-refractivity contribution in [3.63, 3.8) is 0 Å². The average molecular weight is 390 g/mol. The van der Waals surface area contributed by atoms with E-state index < -0.39 is 11.7 Å². The molecule has 0 aliphatic heterocycles. The average Bonchev–Trinajstić information content (AvgIpc) is 3.43. The van der Waals surface area contributed by atoms with Crippen LogP contribution >= 0.6 is 0 Å². The van der Waals surface area contributed by atoms with E-state index in [9.17, 15) is 9.18 Å². The Bertz CT molecular complexity index is 1250. The van der Waals surface area contributed by atoms with E-state index in [-0.39, 0.29) is 11.4 Å². The number of hydrogen-bond acceptors (Lipinski definition) is 5. The van der Waals surface area contributed by atoms with E-state index >= 15 is 0 Å². The Morgan fingerprint density at radius 1 is 1.28 bits per heavy atom. The molecule has 5 rings (SSSR count). The number of aromatic nitrogens is 4. The van der Waals surface area contributed by atoms with Gasteiger partial charge in [0, 0.05) is 19.3 Å². The van der Waals surface area contributed by atoms with Gasteiger partial charge in [-0.3, -0.25) is 14.2 Å². The van der Waals surface area contributed by atoms with E-state index in [1.165, 1.54) is 35.4 Å². The number of halogens is 1. The number of rotatable bonds is 4. The summed E-state index contributed by atoms with van der Waals surface area (Å²) in [6.07, 6.45) is 7.44. The molecule has 1 aliphatic rings. The summed E-state index contributed by atoms with van der Waals surface area (Å²) in [6.45, 7) is 0.293. The molecule has 8 heteroatoms. The predicted molar refractivity (Wildman–Crippen MR) is 107 cm³/mol. The van der Waals surface area contributed by atoms with Crippen LogP contribution in [-0.4, -0.2) is 37.2 Å². The Morgan fingerprint density at radius 2 is 2.10 bits per heavy atom. The Labute approximate surface area is 166 Å². The van der Waals surface area contributed by atoms with Gasteiger partial charge in [-0.1, -0.05) is 6.07 Å². The lowest BCUT2D eigenvalue weighted by atomic mass is 10.1. The van der Waals surface area contributed by atoms with E-state index in [0.29, 0.717) is 29.0 Å². The maximum absolute atomic E-state index is 14.7. The highest BCUT2D eigenvalue weighted by molar-refractivity contribution is 5.98. The standard InChI is InChI=1S/C21H19FN6O/c1-27(10-14-5-4-13(8-25-14)12-2-3-12)21(29)15-6-18-17(7-16(15)22)26-20(23)19-9-24-11-28(18)19/h4-9,11-12H,2-3,10H2,1H3,(H2,23,26). The smallest absolute Gasteiger partial charge is 0.257 e. The largest absolute Gasteiger partial charge is 0.382 e. The number of hydrogen-bond donors (Lipinski definition) is 1. The zero-order valence-electron chi connectivity index (χ0n) is 15.8. The van der Waals surface area contributed by atoms with Crippen LogP contribution in [0.2, 0.25) is 0 Å². The van der Waals surface area contributed by atoms with Gasteiger partial charge in [0.25, 0.3) is 5.91 Å². The number of nitrogens with zero attached hydrogens (tertiary/aromatic N) is 5. The lowest BCUT2D eigenvalue weighted by molar-refractivity contribution is 0.0779. The van der Waals surface area contributed by atoms with Gasteiger partial charge < -0.3 is 10.6 Å². The molecule has 3 aromatic heterocycles. The lowest BCUT2D eigenvalue weighted by Crippen LogP contribution is -2.27. The summed E-state index contributed by atoms with van der Waals surface area (Å²) in [5.74, 6) is -0.183. The van der Waals surface area contributed by atoms with Crippen molar-refractivity contribution in [2.45, 2.75) is 25.3 Å². The number of nitrogens with two attached hydrogens (primary N) is 1. The molecule has 4 aromatic rings. The van der Waals surface area contributed by atoms with E-state index in [0.717, 1.165) is 5.69 Å². The zero-order valence-corrected chi connectivity index (χ0v) is 15.8. The number of carbonyl (C=O) groups excluding carboxylic acids is 1. The van der Waals surface area contributed by atoms with Gasteiger partial charge in [0.1, 0.15) is 17.2 Å². The number of benzene rings is 1. The quantitative estimate of drug-likeness (QED) is 0.578. The Hall–Kier alpha value is -3.55. The van der Waals surface area contributed by atoms with Gasteiger partial charge >= 0.3 is 0 Å². The fraction of sp³-hybridized carbons (Fsp3) is 0.238. The summed E-state index contributed by atoms with van der Waals surface area (Å²) in [7, 11) is 1.64. The van der Waals surface area contributed by atoms with E-state index in [2.05, 4.69) is 21.0 Å². The van der Waals surface area contributed by atoms with Crippen LogP contribution in [0.5, 0.6) is 0 Å². The van der Waals surface area contributed by atoms with Gasteiger partial charge in [-0.2, -0.15) is 0 Å². The molecule has 1 aromatic carbocycles. The molecule has 1 aliphatic carbocycles. The first-order valence-corrected chi connectivity index (χ1v) is 9.42. The van der Waals surface area contributed by atoms with E-state index in [1.54, 1.807) is 24.0 Å². The highest BCUT2D eigenvalue weighted by Crippen LogP contribution is 2.39. The number of pyridine rings is 1. The van der Waals surface area contributed by atoms with Gasteiger partial charge in [0.15, 0.2) is 0 Å². The molecule has 1 amide bonds. The van der Waals surface area contributed by atoms with Crippen LogP contribution in [-0.2, 0) is 6.54 Å². The number of imidazole rings is 1. The molecule has 0 unspecified atom stereocenters. The SMILES string of the molecule is CN(Cc1ccc(C2CC2)cn1)C(=O)c1cc2c(cc1F)nc(N)c1cncn12. The highest BCUT2D eigenvalue weighted by atomic mass is 19.1. The van der Waals surface area contributed by atoms with Crippen molar-refractivity contribution in [1.29, 1.82) is 0 Å². The molecule has 29 heavy (non-hydrogen) atoms. The fourth-order valence-electron chi connectivity index (χ4n) is 3.57. The molecule has 0 bridgehead atoms. The maximum atomic E-state index is 14.7. The van der Waals surface area contributed by atoms with Crippen LogP contribution in [0, 0.1) is 5.82 Å². The van der Waals surface area contributed by atoms with Crippen molar-refractivity contribution in [1.82, 2.24) is 24.3 Å². The second-order valence-corrected chi connectivity index (χ2v) is 7.49. The molecular weight excluding hydrogens is 371 g/mol. The van der Waals surface area contributed by atoms with Crippen molar-refractivity contribution in [2.24, 2.45) is 0 Å². The third-order valence-electron chi connectivity index (χ3n) is 5.34. The molecule has 0 spiro atoms. The fourth-order valence-corrected chi connectivity index (χ4v) is 3.57. The van der Waals surface area contributed by atoms with Crippen LogP contribution < -0.4 is 5.73 Å². The van der Waals surface area contributed by atoms with Crippen molar-refractivity contribution in [3.05, 3.63) is 65.6 Å². The second kappa shape index (κ2) is 6.51. The number of amides is 1. The molecule has 1 fully saturated rings. The first kappa shape index (κ1) is 17.5. The molecule has 2 N–H and O–H groups in total. The molecule has 7 nitrogen and oxygen atoms in total. The van der Waals surface area contributed by atoms with Crippen molar-refractivity contribution in [3.8, 4) is 0 Å². The molecule has 0 saturated heterocycles. The van der Waals surface area contributed by atoms with Gasteiger partial charge in [0.2, 0.25) is 0 Å². The second-order valence-electron chi connectivity index (χ2n) is 7.49. The topological polar surface area (TPSA) is 89.4 Å². The van der Waals surface area contributed by atoms with Crippen LogP contribution in [0.4, 0.5) is 10.2 Å². The summed E-state index contributed by atoms with van der Waals surface area (Å²) >= 11 is 0. The Balaban J connectivity index is 1.46. The third kappa shape index (κ3) is 3.06. The summed E-state index contributed by atoms with van der Waals surface area (Å²) in [5.41, 5.74) is 9.41. The molecule has 1 saturated carbocycles. The van der Waals surface area contributed by atoms with Gasteiger partial charge in [-0.25, -0.2) is 14.4 Å². The van der Waals surface area contributed by atoms with E-state index in [1.807, 2.05) is 12.3 Å². The molecule has 0 atom stereocenters. The minimum Gasteiger partial charge on any atom is -0.382 e. The third-order valence-corrected chi connectivity index (χ3v) is 5.34. The van der Waals surface area contributed by atoms with E-state index in [4.69, 9.17) is 5.73 Å². The highest BCUT2D eigenvalue weighted by Gasteiger charge is 2.24. The van der Waals surface area contributed by atoms with Crippen LogP contribution in [0.25, 0.3) is 16.6 Å². The van der Waals surface area contributed by atoms with Crippen molar-refractivity contribution >= 4 is 28.3 Å². The van der Waals surface area contributed by atoms with Gasteiger partial charge in [-0.15, -0.1) is 0 Å². The molecule has 146 valence electrons. The van der Waals surface area contributed by atoms with Crippen LogP contribution in [0.15, 0.2) is 43.0 Å². The summed E-state index contributed by atoms with van der Waals surface area (Å²) in [4.78, 5) is 27.1. The zero-order chi connectivity index (χ0) is 20.1. The maximum Gasteiger partial charge on any atom is 0.257 e. The van der Waals surface area contributed by atoms with Gasteiger partial charge in [0.05, 0.1) is 41.4 Å². The monoisotopic (exact) mass is 390 g/mol. The minimum atomic E-state index is -0.641. The van der Waals surface area contributed by atoms with Crippen LogP contribution in [0.3, 0.4) is 0 Å². The Kier molecular flexibility index (Phi) is 3.94. The number of anilines is 1. The molecule has 0 radical (unpaired) electrons. The predicted octanol–water partition coefficient (Wildman–Crippen LogP) is 3.15. The number of fused-ring (bicyclic) bond motifs is 3. The number of carbonyl (C=O) groups is 1. The minimum absolute atomic E-state index is 0.0313.